The third kappa shape index (κ3) is 3.35. The van der Waals surface area contributed by atoms with Crippen LogP contribution in [0.4, 0.5) is 17.5 Å². The quantitative estimate of drug-likeness (QED) is 0.679. The van der Waals surface area contributed by atoms with Crippen molar-refractivity contribution in [2.24, 2.45) is 0 Å². The molecule has 8 nitrogen and oxygen atoms in total. The molecule has 0 N–H and O–H groups in total. The summed E-state index contributed by atoms with van der Waals surface area (Å²) in [5.41, 5.74) is 2.10. The summed E-state index contributed by atoms with van der Waals surface area (Å²) in [6, 6.07) is 6.09. The zero-order chi connectivity index (χ0) is 18.9. The summed E-state index contributed by atoms with van der Waals surface area (Å²) in [4.78, 5) is 23.3. The molecule has 0 unspecified atom stereocenters. The lowest BCUT2D eigenvalue weighted by Crippen LogP contribution is -2.47. The van der Waals surface area contributed by atoms with Crippen molar-refractivity contribution in [3.8, 4) is 0 Å². The van der Waals surface area contributed by atoms with E-state index in [4.69, 9.17) is 4.98 Å². The molecule has 3 aromatic heterocycles. The first-order valence-electron chi connectivity index (χ1n) is 9.95. The fourth-order valence-electron chi connectivity index (χ4n) is 3.91. The molecule has 0 aliphatic carbocycles. The van der Waals surface area contributed by atoms with Gasteiger partial charge in [-0.25, -0.2) is 15.0 Å². The van der Waals surface area contributed by atoms with Crippen molar-refractivity contribution in [3.63, 3.8) is 0 Å². The molecule has 146 valence electrons. The Labute approximate surface area is 165 Å². The lowest BCUT2D eigenvalue weighted by atomic mass is 10.3. The fourth-order valence-corrected chi connectivity index (χ4v) is 3.91. The monoisotopic (exact) mass is 378 g/mol. The minimum Gasteiger partial charge on any atom is -0.365 e. The molecule has 5 heterocycles. The molecule has 5 rings (SSSR count). The molecule has 0 aromatic carbocycles. The Morgan fingerprint density at radius 2 is 1.46 bits per heavy atom. The van der Waals surface area contributed by atoms with Crippen molar-refractivity contribution in [1.29, 1.82) is 0 Å². The second-order valence-electron chi connectivity index (χ2n) is 7.57. The normalized spacial score (nSPS) is 18.8. The molecule has 0 amide bonds. The SMILES string of the molecule is CN1CCN(c2ncc(N3CCN(c4cn5ccccc5n4)CC3)cn2)CC1. The van der Waals surface area contributed by atoms with Gasteiger partial charge in [-0.3, -0.25) is 0 Å². The van der Waals surface area contributed by atoms with Gasteiger partial charge in [0.2, 0.25) is 5.95 Å². The molecule has 8 heteroatoms. The minimum atomic E-state index is 0.847. The smallest absolute Gasteiger partial charge is 0.225 e. The number of fused-ring (bicyclic) bond motifs is 1. The van der Waals surface area contributed by atoms with Crippen LogP contribution in [0.2, 0.25) is 0 Å². The van der Waals surface area contributed by atoms with Crippen LogP contribution in [0.1, 0.15) is 0 Å². The number of pyridine rings is 1. The Bertz CT molecular complexity index is 888. The number of hydrogen-bond donors (Lipinski definition) is 0. The summed E-state index contributed by atoms with van der Waals surface area (Å²) >= 11 is 0. The maximum Gasteiger partial charge on any atom is 0.225 e. The molecular weight excluding hydrogens is 352 g/mol. The van der Waals surface area contributed by atoms with Crippen molar-refractivity contribution in [2.75, 3.05) is 74.1 Å². The van der Waals surface area contributed by atoms with Crippen LogP contribution in [0.3, 0.4) is 0 Å². The maximum atomic E-state index is 4.74. The molecule has 28 heavy (non-hydrogen) atoms. The summed E-state index contributed by atoms with van der Waals surface area (Å²) in [7, 11) is 2.16. The van der Waals surface area contributed by atoms with E-state index in [0.717, 1.165) is 75.5 Å². The van der Waals surface area contributed by atoms with Crippen LogP contribution < -0.4 is 14.7 Å². The van der Waals surface area contributed by atoms with Crippen LogP contribution in [-0.4, -0.2) is 83.7 Å². The van der Waals surface area contributed by atoms with Crippen LogP contribution in [0.15, 0.2) is 43.0 Å². The predicted molar refractivity (Wildman–Crippen MR) is 111 cm³/mol. The molecule has 0 spiro atoms. The fraction of sp³-hybridized carbons (Fsp3) is 0.450. The first kappa shape index (κ1) is 17.2. The van der Waals surface area contributed by atoms with E-state index in [1.54, 1.807) is 0 Å². The van der Waals surface area contributed by atoms with Gasteiger partial charge in [0.1, 0.15) is 11.5 Å². The summed E-state index contributed by atoms with van der Waals surface area (Å²) in [5.74, 6) is 1.90. The van der Waals surface area contributed by atoms with E-state index in [-0.39, 0.29) is 0 Å². The van der Waals surface area contributed by atoms with Crippen molar-refractivity contribution < 1.29 is 0 Å². The zero-order valence-corrected chi connectivity index (χ0v) is 16.3. The second-order valence-corrected chi connectivity index (χ2v) is 7.57. The Morgan fingerprint density at radius 3 is 2.18 bits per heavy atom. The summed E-state index contributed by atoms with van der Waals surface area (Å²) in [6.45, 7) is 7.91. The Kier molecular flexibility index (Phi) is 4.48. The Morgan fingerprint density at radius 1 is 0.786 bits per heavy atom. The highest BCUT2D eigenvalue weighted by molar-refractivity contribution is 5.52. The van der Waals surface area contributed by atoms with Crippen molar-refractivity contribution in [3.05, 3.63) is 43.0 Å². The van der Waals surface area contributed by atoms with E-state index < -0.39 is 0 Å². The topological polar surface area (TPSA) is 56.0 Å². The van der Waals surface area contributed by atoms with E-state index in [9.17, 15) is 0 Å². The van der Waals surface area contributed by atoms with Crippen LogP contribution in [-0.2, 0) is 0 Å². The summed E-state index contributed by atoms with van der Waals surface area (Å²) < 4.78 is 2.08. The van der Waals surface area contributed by atoms with Crippen LogP contribution in [0.5, 0.6) is 0 Å². The first-order valence-corrected chi connectivity index (χ1v) is 9.95. The zero-order valence-electron chi connectivity index (χ0n) is 16.3. The van der Waals surface area contributed by atoms with Gasteiger partial charge >= 0.3 is 0 Å². The number of nitrogens with zero attached hydrogens (tertiary/aromatic N) is 8. The van der Waals surface area contributed by atoms with Crippen LogP contribution in [0.25, 0.3) is 5.65 Å². The largest absolute Gasteiger partial charge is 0.365 e. The molecular formula is C20H26N8. The highest BCUT2D eigenvalue weighted by Gasteiger charge is 2.21. The summed E-state index contributed by atoms with van der Waals surface area (Å²) in [5, 5.41) is 0. The van der Waals surface area contributed by atoms with Gasteiger partial charge in [-0.15, -0.1) is 0 Å². The van der Waals surface area contributed by atoms with Crippen LogP contribution in [0, 0.1) is 0 Å². The van der Waals surface area contributed by atoms with Crippen molar-refractivity contribution in [2.45, 2.75) is 0 Å². The molecule has 0 radical (unpaired) electrons. The highest BCUT2D eigenvalue weighted by Crippen LogP contribution is 2.21. The third-order valence-corrected chi connectivity index (χ3v) is 5.73. The molecule has 0 bridgehead atoms. The molecule has 2 aliphatic heterocycles. The standard InChI is InChI=1S/C20H26N8/c1-24-6-8-27(9-7-24)20-21-14-17(15-22-20)25-10-12-26(13-11-25)19-16-28-5-3-2-4-18(28)23-19/h2-5,14-16H,6-13H2,1H3. The maximum absolute atomic E-state index is 4.74. The summed E-state index contributed by atoms with van der Waals surface area (Å²) in [6.07, 6.45) is 8.10. The molecule has 2 saturated heterocycles. The van der Waals surface area contributed by atoms with E-state index in [1.165, 1.54) is 0 Å². The molecule has 2 fully saturated rings. The van der Waals surface area contributed by atoms with Crippen LogP contribution >= 0.6 is 0 Å². The van der Waals surface area contributed by atoms with Gasteiger partial charge < -0.3 is 24.0 Å². The minimum absolute atomic E-state index is 0.847. The number of rotatable bonds is 3. The lowest BCUT2D eigenvalue weighted by molar-refractivity contribution is 0.311. The van der Waals surface area contributed by atoms with Crippen molar-refractivity contribution >= 4 is 23.1 Å². The van der Waals surface area contributed by atoms with Gasteiger partial charge in [0.15, 0.2) is 0 Å². The molecule has 2 aliphatic rings. The average Bonchev–Trinajstić information content (AvgIpc) is 3.19. The number of anilines is 3. The number of hydrogen-bond acceptors (Lipinski definition) is 7. The molecule has 0 saturated carbocycles. The van der Waals surface area contributed by atoms with Gasteiger partial charge in [-0.05, 0) is 19.2 Å². The average molecular weight is 378 g/mol. The molecule has 3 aromatic rings. The van der Waals surface area contributed by atoms with Gasteiger partial charge in [0.25, 0.3) is 0 Å². The Hall–Kier alpha value is -2.87. The number of aromatic nitrogens is 4. The van der Waals surface area contributed by atoms with E-state index >= 15 is 0 Å². The van der Waals surface area contributed by atoms with Crippen molar-refractivity contribution in [1.82, 2.24) is 24.3 Å². The van der Waals surface area contributed by atoms with E-state index in [0.29, 0.717) is 0 Å². The van der Waals surface area contributed by atoms with Gasteiger partial charge in [-0.1, -0.05) is 6.07 Å². The number of piperazine rings is 2. The predicted octanol–water partition coefficient (Wildman–Crippen LogP) is 1.20. The third-order valence-electron chi connectivity index (χ3n) is 5.73. The van der Waals surface area contributed by atoms with E-state index in [1.807, 2.05) is 36.8 Å². The Balaban J connectivity index is 1.21. The van der Waals surface area contributed by atoms with Gasteiger partial charge in [0, 0.05) is 58.6 Å². The van der Waals surface area contributed by atoms with Gasteiger partial charge in [-0.2, -0.15) is 0 Å². The second kappa shape index (κ2) is 7.27. The molecule has 0 atom stereocenters. The first-order chi connectivity index (χ1) is 13.8. The number of likely N-dealkylation sites (N-methyl/N-ethyl adjacent to an activating group) is 1. The van der Waals surface area contributed by atoms with Gasteiger partial charge in [0.05, 0.1) is 24.3 Å². The highest BCUT2D eigenvalue weighted by atomic mass is 15.3. The number of imidazole rings is 1. The lowest BCUT2D eigenvalue weighted by Gasteiger charge is -2.36. The van der Waals surface area contributed by atoms with E-state index in [2.05, 4.69) is 47.2 Å².